The van der Waals surface area contributed by atoms with Crippen molar-refractivity contribution in [2.45, 2.75) is 38.6 Å². The van der Waals surface area contributed by atoms with Gasteiger partial charge in [0.05, 0.1) is 5.41 Å². The van der Waals surface area contributed by atoms with Crippen molar-refractivity contribution in [2.75, 3.05) is 26.3 Å². The van der Waals surface area contributed by atoms with E-state index in [1.165, 1.54) is 12.8 Å². The molecule has 130 valence electrons. The van der Waals surface area contributed by atoms with E-state index < -0.39 is 11.4 Å². The van der Waals surface area contributed by atoms with Crippen LogP contribution in [0, 0.1) is 11.3 Å². The first-order valence-corrected chi connectivity index (χ1v) is 8.99. The predicted octanol–water partition coefficient (Wildman–Crippen LogP) is 2.92. The van der Waals surface area contributed by atoms with Crippen molar-refractivity contribution in [2.24, 2.45) is 11.3 Å². The summed E-state index contributed by atoms with van der Waals surface area (Å²) in [7, 11) is 0. The standard InChI is InChI=1S/C19H25NO4/c21-18(22)19(11-14-2-3-14)6-1-7-20(13-19)12-15-4-5-16-17(10-15)24-9-8-23-16/h4-5,10,14H,1-3,6-9,11-13H2,(H,21,22)/t19-/m1/s1. The lowest BCUT2D eigenvalue weighted by Gasteiger charge is -2.40. The number of benzene rings is 1. The average Bonchev–Trinajstić information content (AvgIpc) is 3.39. The molecule has 5 nitrogen and oxygen atoms in total. The number of hydrogen-bond acceptors (Lipinski definition) is 4. The number of nitrogens with zero attached hydrogens (tertiary/aromatic N) is 1. The number of carboxylic acids is 1. The summed E-state index contributed by atoms with van der Waals surface area (Å²) >= 11 is 0. The molecule has 3 aliphatic rings. The SMILES string of the molecule is O=C(O)[C@@]1(CC2CC2)CCCN(Cc2ccc3c(c2)OCCO3)C1. The van der Waals surface area contributed by atoms with Gasteiger partial charge in [-0.2, -0.15) is 0 Å². The highest BCUT2D eigenvalue weighted by Crippen LogP contribution is 2.45. The summed E-state index contributed by atoms with van der Waals surface area (Å²) in [6.45, 7) is 3.59. The fourth-order valence-corrected chi connectivity index (χ4v) is 4.11. The van der Waals surface area contributed by atoms with Crippen LogP contribution in [0.3, 0.4) is 0 Å². The number of likely N-dealkylation sites (tertiary alicyclic amines) is 1. The molecule has 1 aliphatic carbocycles. The Hall–Kier alpha value is -1.75. The largest absolute Gasteiger partial charge is 0.486 e. The van der Waals surface area contributed by atoms with Crippen molar-refractivity contribution in [3.8, 4) is 11.5 Å². The predicted molar refractivity (Wildman–Crippen MR) is 89.4 cm³/mol. The normalized spacial score (nSPS) is 27.0. The number of carboxylic acid groups (broad SMARTS) is 1. The fourth-order valence-electron chi connectivity index (χ4n) is 4.11. The minimum absolute atomic E-state index is 0.548. The Morgan fingerprint density at radius 2 is 2.04 bits per heavy atom. The van der Waals surface area contributed by atoms with E-state index in [2.05, 4.69) is 11.0 Å². The van der Waals surface area contributed by atoms with Crippen molar-refractivity contribution in [1.82, 2.24) is 4.90 Å². The Kier molecular flexibility index (Phi) is 4.12. The van der Waals surface area contributed by atoms with Gasteiger partial charge in [-0.25, -0.2) is 0 Å². The highest BCUT2D eigenvalue weighted by Gasteiger charge is 2.45. The van der Waals surface area contributed by atoms with Crippen LogP contribution in [0.15, 0.2) is 18.2 Å². The number of ether oxygens (including phenoxy) is 2. The Balaban J connectivity index is 1.46. The van der Waals surface area contributed by atoms with Gasteiger partial charge in [0.1, 0.15) is 13.2 Å². The van der Waals surface area contributed by atoms with Crippen LogP contribution in [0.5, 0.6) is 11.5 Å². The van der Waals surface area contributed by atoms with Crippen LogP contribution in [0.2, 0.25) is 0 Å². The zero-order valence-electron chi connectivity index (χ0n) is 14.0. The van der Waals surface area contributed by atoms with E-state index in [9.17, 15) is 9.90 Å². The molecule has 0 unspecified atom stereocenters. The number of fused-ring (bicyclic) bond motifs is 1. The van der Waals surface area contributed by atoms with Crippen molar-refractivity contribution < 1.29 is 19.4 Å². The lowest BCUT2D eigenvalue weighted by Crippen LogP contribution is -2.47. The van der Waals surface area contributed by atoms with E-state index >= 15 is 0 Å². The summed E-state index contributed by atoms with van der Waals surface area (Å²) in [5.41, 5.74) is 0.611. The molecule has 1 saturated heterocycles. The Morgan fingerprint density at radius 3 is 2.79 bits per heavy atom. The van der Waals surface area contributed by atoms with Crippen molar-refractivity contribution >= 4 is 5.97 Å². The summed E-state index contributed by atoms with van der Waals surface area (Å²) in [5, 5.41) is 9.84. The van der Waals surface area contributed by atoms with Gasteiger partial charge in [0.15, 0.2) is 11.5 Å². The molecule has 2 heterocycles. The first-order valence-electron chi connectivity index (χ1n) is 8.99. The Morgan fingerprint density at radius 1 is 1.25 bits per heavy atom. The fraction of sp³-hybridized carbons (Fsp3) is 0.632. The molecule has 2 aliphatic heterocycles. The minimum Gasteiger partial charge on any atom is -0.486 e. The molecule has 0 bridgehead atoms. The Bertz CT molecular complexity index is 628. The van der Waals surface area contributed by atoms with E-state index in [-0.39, 0.29) is 0 Å². The van der Waals surface area contributed by atoms with Crippen LogP contribution in [-0.4, -0.2) is 42.3 Å². The Labute approximate surface area is 142 Å². The quantitative estimate of drug-likeness (QED) is 0.899. The lowest BCUT2D eigenvalue weighted by molar-refractivity contribution is -0.153. The zero-order chi connectivity index (χ0) is 16.6. The second-order valence-electron chi connectivity index (χ2n) is 7.53. The van der Waals surface area contributed by atoms with Gasteiger partial charge >= 0.3 is 5.97 Å². The van der Waals surface area contributed by atoms with E-state index in [0.717, 1.165) is 49.4 Å². The summed E-state index contributed by atoms with van der Waals surface area (Å²) < 4.78 is 11.2. The molecule has 0 amide bonds. The van der Waals surface area contributed by atoms with Crippen LogP contribution in [0.25, 0.3) is 0 Å². The van der Waals surface area contributed by atoms with Gasteiger partial charge in [-0.1, -0.05) is 18.9 Å². The van der Waals surface area contributed by atoms with E-state index in [1.807, 2.05) is 12.1 Å². The molecule has 1 saturated carbocycles. The molecule has 5 heteroatoms. The molecule has 1 atom stereocenters. The molecule has 1 aromatic rings. The van der Waals surface area contributed by atoms with Crippen LogP contribution in [0.1, 0.15) is 37.7 Å². The zero-order valence-corrected chi connectivity index (χ0v) is 14.0. The second-order valence-corrected chi connectivity index (χ2v) is 7.53. The monoisotopic (exact) mass is 331 g/mol. The lowest BCUT2D eigenvalue weighted by atomic mass is 9.75. The summed E-state index contributed by atoms with van der Waals surface area (Å²) in [6, 6.07) is 6.06. The number of carbonyl (C=O) groups is 1. The van der Waals surface area contributed by atoms with Crippen LogP contribution in [0.4, 0.5) is 0 Å². The maximum absolute atomic E-state index is 12.0. The summed E-state index contributed by atoms with van der Waals surface area (Å²) in [5.74, 6) is 1.63. The number of rotatable bonds is 5. The first kappa shape index (κ1) is 15.8. The van der Waals surface area contributed by atoms with Gasteiger partial charge in [-0.05, 0) is 49.4 Å². The average molecular weight is 331 g/mol. The minimum atomic E-state index is -0.610. The summed E-state index contributed by atoms with van der Waals surface area (Å²) in [4.78, 5) is 14.3. The second kappa shape index (κ2) is 6.28. The third kappa shape index (κ3) is 3.22. The molecule has 0 radical (unpaired) electrons. The van der Waals surface area contributed by atoms with Crippen molar-refractivity contribution in [3.63, 3.8) is 0 Å². The van der Waals surface area contributed by atoms with Crippen LogP contribution in [-0.2, 0) is 11.3 Å². The molecular formula is C19H25NO4. The van der Waals surface area contributed by atoms with Gasteiger partial charge < -0.3 is 14.6 Å². The topological polar surface area (TPSA) is 59.0 Å². The van der Waals surface area contributed by atoms with Gasteiger partial charge in [0.2, 0.25) is 0 Å². The van der Waals surface area contributed by atoms with Gasteiger partial charge in [0, 0.05) is 13.1 Å². The van der Waals surface area contributed by atoms with Crippen LogP contribution >= 0.6 is 0 Å². The van der Waals surface area contributed by atoms with Gasteiger partial charge in [-0.3, -0.25) is 9.69 Å². The number of piperidine rings is 1. The van der Waals surface area contributed by atoms with E-state index in [0.29, 0.717) is 25.7 Å². The molecule has 1 aromatic carbocycles. The molecule has 0 aromatic heterocycles. The van der Waals surface area contributed by atoms with Crippen molar-refractivity contribution in [3.05, 3.63) is 23.8 Å². The molecule has 1 N–H and O–H groups in total. The number of hydrogen-bond donors (Lipinski definition) is 1. The smallest absolute Gasteiger partial charge is 0.310 e. The number of aliphatic carboxylic acids is 1. The highest BCUT2D eigenvalue weighted by molar-refractivity contribution is 5.75. The third-order valence-electron chi connectivity index (χ3n) is 5.50. The molecular weight excluding hydrogens is 306 g/mol. The summed E-state index contributed by atoms with van der Waals surface area (Å²) in [6.07, 6.45) is 5.04. The third-order valence-corrected chi connectivity index (χ3v) is 5.50. The highest BCUT2D eigenvalue weighted by atomic mass is 16.6. The first-order chi connectivity index (χ1) is 11.6. The van der Waals surface area contributed by atoms with Gasteiger partial charge in [-0.15, -0.1) is 0 Å². The molecule has 2 fully saturated rings. The van der Waals surface area contributed by atoms with E-state index in [4.69, 9.17) is 9.47 Å². The van der Waals surface area contributed by atoms with Crippen molar-refractivity contribution in [1.29, 1.82) is 0 Å². The van der Waals surface area contributed by atoms with E-state index in [1.54, 1.807) is 0 Å². The maximum atomic E-state index is 12.0. The van der Waals surface area contributed by atoms with Gasteiger partial charge in [0.25, 0.3) is 0 Å². The molecule has 4 rings (SSSR count). The molecule has 24 heavy (non-hydrogen) atoms. The van der Waals surface area contributed by atoms with Crippen LogP contribution < -0.4 is 9.47 Å². The maximum Gasteiger partial charge on any atom is 0.310 e. The molecule has 0 spiro atoms.